The van der Waals surface area contributed by atoms with Gasteiger partial charge in [0.2, 0.25) is 0 Å². The Bertz CT molecular complexity index is 1380. The van der Waals surface area contributed by atoms with Crippen LogP contribution in [0.3, 0.4) is 0 Å². The Labute approximate surface area is 269 Å². The maximum Gasteiger partial charge on any atom is 0.320 e. The molecule has 0 saturated carbocycles. The number of halogens is 2. The first kappa shape index (κ1) is 34.2. The SMILES string of the molecule is CCCCCC(C(=O)OCCc1ccc(OCc2ccc(F)cc2)cc1)C(=O)OCCc1ccc(OCc2ccc(F)cc2)cc1. The molecule has 0 aliphatic heterocycles. The summed E-state index contributed by atoms with van der Waals surface area (Å²) < 4.78 is 48.7. The van der Waals surface area contributed by atoms with E-state index in [0.29, 0.717) is 44.0 Å². The lowest BCUT2D eigenvalue weighted by Crippen LogP contribution is -2.29. The summed E-state index contributed by atoms with van der Waals surface area (Å²) in [6, 6.07) is 27.2. The van der Waals surface area contributed by atoms with Gasteiger partial charge in [0, 0.05) is 12.8 Å². The number of unbranched alkanes of at least 4 members (excludes halogenated alkanes) is 2. The van der Waals surface area contributed by atoms with E-state index in [9.17, 15) is 18.4 Å². The van der Waals surface area contributed by atoms with Gasteiger partial charge >= 0.3 is 11.9 Å². The maximum absolute atomic E-state index is 13.1. The van der Waals surface area contributed by atoms with Gasteiger partial charge < -0.3 is 18.9 Å². The summed E-state index contributed by atoms with van der Waals surface area (Å²) in [6.07, 6.45) is 3.96. The van der Waals surface area contributed by atoms with Crippen LogP contribution in [-0.2, 0) is 45.1 Å². The van der Waals surface area contributed by atoms with Gasteiger partial charge in [-0.15, -0.1) is 0 Å². The number of hydrogen-bond donors (Lipinski definition) is 0. The van der Waals surface area contributed by atoms with Crippen molar-refractivity contribution in [3.8, 4) is 11.5 Å². The lowest BCUT2D eigenvalue weighted by molar-refractivity contribution is -0.162. The molecule has 0 saturated heterocycles. The Morgan fingerprint density at radius 3 is 1.35 bits per heavy atom. The van der Waals surface area contributed by atoms with E-state index in [1.165, 1.54) is 24.3 Å². The van der Waals surface area contributed by atoms with Gasteiger partial charge in [-0.1, -0.05) is 74.7 Å². The molecule has 0 radical (unpaired) electrons. The van der Waals surface area contributed by atoms with Gasteiger partial charge in [0.1, 0.15) is 36.3 Å². The molecule has 4 aromatic carbocycles. The third kappa shape index (κ3) is 11.7. The number of benzene rings is 4. The summed E-state index contributed by atoms with van der Waals surface area (Å²) in [5.74, 6) is -1.32. The van der Waals surface area contributed by atoms with Crippen molar-refractivity contribution in [2.75, 3.05) is 13.2 Å². The second kappa shape index (κ2) is 18.3. The van der Waals surface area contributed by atoms with Crippen molar-refractivity contribution in [1.29, 1.82) is 0 Å². The molecule has 0 fully saturated rings. The highest BCUT2D eigenvalue weighted by atomic mass is 19.1. The minimum Gasteiger partial charge on any atom is -0.489 e. The van der Waals surface area contributed by atoms with Crippen LogP contribution < -0.4 is 9.47 Å². The molecule has 6 nitrogen and oxygen atoms in total. The highest BCUT2D eigenvalue weighted by molar-refractivity contribution is 5.94. The van der Waals surface area contributed by atoms with Crippen molar-refractivity contribution in [3.63, 3.8) is 0 Å². The molecule has 0 atom stereocenters. The standard InChI is InChI=1S/C38H40F2O6/c1-2-3-4-5-36(37(41)43-24-22-28-10-18-34(19-11-28)45-26-30-6-14-32(39)15-7-30)38(42)44-25-23-29-12-20-35(21-13-29)46-27-31-8-16-33(40)17-9-31/h6-21,36H,2-5,22-27H2,1H3. The summed E-state index contributed by atoms with van der Waals surface area (Å²) in [5.41, 5.74) is 3.65. The Hall–Kier alpha value is -4.72. The number of carbonyl (C=O) groups is 2. The van der Waals surface area contributed by atoms with Gasteiger partial charge in [-0.05, 0) is 77.2 Å². The van der Waals surface area contributed by atoms with E-state index >= 15 is 0 Å². The number of hydrogen-bond acceptors (Lipinski definition) is 6. The topological polar surface area (TPSA) is 71.1 Å². The second-order valence-corrected chi connectivity index (χ2v) is 11.0. The van der Waals surface area contributed by atoms with Gasteiger partial charge in [-0.3, -0.25) is 9.59 Å². The normalized spacial score (nSPS) is 10.9. The van der Waals surface area contributed by atoms with Gasteiger partial charge in [0.25, 0.3) is 0 Å². The summed E-state index contributed by atoms with van der Waals surface area (Å²) in [6.45, 7) is 3.00. The summed E-state index contributed by atoms with van der Waals surface area (Å²) in [4.78, 5) is 25.8. The zero-order valence-electron chi connectivity index (χ0n) is 26.1. The van der Waals surface area contributed by atoms with Crippen molar-refractivity contribution in [3.05, 3.63) is 131 Å². The summed E-state index contributed by atoms with van der Waals surface area (Å²) in [7, 11) is 0. The van der Waals surface area contributed by atoms with Crippen molar-refractivity contribution >= 4 is 11.9 Å². The fraction of sp³-hybridized carbons (Fsp3) is 0.316. The first-order valence-corrected chi connectivity index (χ1v) is 15.6. The molecule has 4 rings (SSSR count). The highest BCUT2D eigenvalue weighted by Gasteiger charge is 2.29. The highest BCUT2D eigenvalue weighted by Crippen LogP contribution is 2.19. The number of carbonyl (C=O) groups excluding carboxylic acids is 2. The smallest absolute Gasteiger partial charge is 0.320 e. The molecule has 0 bridgehead atoms. The minimum atomic E-state index is -0.962. The van der Waals surface area contributed by atoms with E-state index in [1.54, 1.807) is 24.3 Å². The van der Waals surface area contributed by atoms with Crippen LogP contribution in [-0.4, -0.2) is 25.2 Å². The van der Waals surface area contributed by atoms with E-state index in [1.807, 2.05) is 48.5 Å². The first-order chi connectivity index (χ1) is 22.4. The third-order valence-corrected chi connectivity index (χ3v) is 7.42. The molecule has 4 aromatic rings. The molecule has 0 unspecified atom stereocenters. The molecule has 0 N–H and O–H groups in total. The molecule has 0 aliphatic rings. The molecule has 0 amide bonds. The molecule has 0 spiro atoms. The molecular formula is C38H40F2O6. The first-order valence-electron chi connectivity index (χ1n) is 15.6. The molecular weight excluding hydrogens is 590 g/mol. The molecule has 46 heavy (non-hydrogen) atoms. The average molecular weight is 631 g/mol. The third-order valence-electron chi connectivity index (χ3n) is 7.42. The monoisotopic (exact) mass is 630 g/mol. The van der Waals surface area contributed by atoms with Gasteiger partial charge in [0.05, 0.1) is 13.2 Å². The largest absolute Gasteiger partial charge is 0.489 e. The van der Waals surface area contributed by atoms with Gasteiger partial charge in [-0.25, -0.2) is 8.78 Å². The van der Waals surface area contributed by atoms with Crippen LogP contribution in [0.5, 0.6) is 11.5 Å². The number of ether oxygens (including phenoxy) is 4. The lowest BCUT2D eigenvalue weighted by atomic mass is 10.0. The number of rotatable bonds is 18. The predicted molar refractivity (Wildman–Crippen MR) is 171 cm³/mol. The fourth-order valence-electron chi connectivity index (χ4n) is 4.67. The van der Waals surface area contributed by atoms with E-state index in [0.717, 1.165) is 41.5 Å². The maximum atomic E-state index is 13.1. The van der Waals surface area contributed by atoms with Crippen LogP contribution in [0.15, 0.2) is 97.1 Å². The summed E-state index contributed by atoms with van der Waals surface area (Å²) >= 11 is 0. The van der Waals surface area contributed by atoms with Crippen molar-refractivity contribution in [2.45, 2.75) is 58.7 Å². The average Bonchev–Trinajstić information content (AvgIpc) is 3.07. The Morgan fingerprint density at radius 2 is 0.957 bits per heavy atom. The van der Waals surface area contributed by atoms with Crippen LogP contribution in [0.2, 0.25) is 0 Å². The molecule has 0 aliphatic carbocycles. The minimum absolute atomic E-state index is 0.141. The zero-order chi connectivity index (χ0) is 32.6. The quantitative estimate of drug-likeness (QED) is 0.0627. The van der Waals surface area contributed by atoms with E-state index in [4.69, 9.17) is 18.9 Å². The molecule has 0 heterocycles. The van der Waals surface area contributed by atoms with Gasteiger partial charge in [0.15, 0.2) is 5.92 Å². The van der Waals surface area contributed by atoms with Crippen LogP contribution in [0.1, 0.15) is 54.9 Å². The molecule has 0 aromatic heterocycles. The predicted octanol–water partition coefficient (Wildman–Crippen LogP) is 8.19. The van der Waals surface area contributed by atoms with Crippen LogP contribution in [0.25, 0.3) is 0 Å². The molecule has 242 valence electrons. The van der Waals surface area contributed by atoms with Crippen LogP contribution >= 0.6 is 0 Å². The van der Waals surface area contributed by atoms with E-state index < -0.39 is 17.9 Å². The Kier molecular flexibility index (Phi) is 13.6. The zero-order valence-corrected chi connectivity index (χ0v) is 26.1. The molecule has 8 heteroatoms. The Morgan fingerprint density at radius 1 is 0.565 bits per heavy atom. The lowest BCUT2D eigenvalue weighted by Gasteiger charge is -2.16. The van der Waals surface area contributed by atoms with Crippen molar-refractivity contribution in [2.24, 2.45) is 5.92 Å². The van der Waals surface area contributed by atoms with Crippen LogP contribution in [0.4, 0.5) is 8.78 Å². The van der Waals surface area contributed by atoms with Crippen molar-refractivity contribution < 1.29 is 37.3 Å². The van der Waals surface area contributed by atoms with E-state index in [-0.39, 0.29) is 24.8 Å². The van der Waals surface area contributed by atoms with Crippen molar-refractivity contribution in [1.82, 2.24) is 0 Å². The summed E-state index contributed by atoms with van der Waals surface area (Å²) in [5, 5.41) is 0. The van der Waals surface area contributed by atoms with Gasteiger partial charge in [-0.2, -0.15) is 0 Å². The second-order valence-electron chi connectivity index (χ2n) is 11.0. The Balaban J connectivity index is 1.18. The van der Waals surface area contributed by atoms with Crippen LogP contribution in [0, 0.1) is 17.6 Å². The fourth-order valence-corrected chi connectivity index (χ4v) is 4.67. The number of esters is 2. The van der Waals surface area contributed by atoms with E-state index in [2.05, 4.69) is 6.92 Å².